The maximum atomic E-state index is 11.8. The van der Waals surface area contributed by atoms with Crippen LogP contribution < -0.4 is 10.5 Å². The number of hydrogen-bond donors (Lipinski definition) is 2. The highest BCUT2D eigenvalue weighted by molar-refractivity contribution is 7.89. The summed E-state index contributed by atoms with van der Waals surface area (Å²) < 4.78 is 31.6. The van der Waals surface area contributed by atoms with Gasteiger partial charge in [0.15, 0.2) is 0 Å². The van der Waals surface area contributed by atoms with Gasteiger partial charge < -0.3 is 10.5 Å². The molecule has 1 atom stereocenters. The normalized spacial score (nSPS) is 16.5. The van der Waals surface area contributed by atoms with Crippen LogP contribution in [0.4, 0.5) is 0 Å². The van der Waals surface area contributed by atoms with Crippen LogP contribution in [0.5, 0.6) is 0 Å². The average Bonchev–Trinajstić information content (AvgIpc) is 2.15. The van der Waals surface area contributed by atoms with Crippen molar-refractivity contribution in [2.75, 3.05) is 18.9 Å². The molecule has 0 amide bonds. The van der Waals surface area contributed by atoms with Gasteiger partial charge >= 0.3 is 0 Å². The Balaban J connectivity index is 4.43. The van der Waals surface area contributed by atoms with Crippen LogP contribution in [0.1, 0.15) is 34.6 Å². The Bertz CT molecular complexity index is 315. The lowest BCUT2D eigenvalue weighted by molar-refractivity contribution is 0.0910. The highest BCUT2D eigenvalue weighted by atomic mass is 32.2. The smallest absolute Gasteiger partial charge is 0.214 e. The third-order valence-electron chi connectivity index (χ3n) is 2.89. The average molecular weight is 266 g/mol. The van der Waals surface area contributed by atoms with Crippen molar-refractivity contribution in [1.29, 1.82) is 0 Å². The molecule has 0 saturated heterocycles. The van der Waals surface area contributed by atoms with Crippen LogP contribution in [-0.4, -0.2) is 39.0 Å². The molecule has 0 aliphatic heterocycles. The van der Waals surface area contributed by atoms with Crippen molar-refractivity contribution in [3.8, 4) is 0 Å². The summed E-state index contributed by atoms with van der Waals surface area (Å²) in [6.07, 6.45) is 0.0381. The van der Waals surface area contributed by atoms with Gasteiger partial charge in [0.1, 0.15) is 0 Å². The van der Waals surface area contributed by atoms with E-state index in [1.807, 2.05) is 34.6 Å². The molecule has 0 aliphatic carbocycles. The largest absolute Gasteiger partial charge is 0.378 e. The first-order valence-corrected chi connectivity index (χ1v) is 7.61. The van der Waals surface area contributed by atoms with Crippen molar-refractivity contribution in [2.45, 2.75) is 46.3 Å². The summed E-state index contributed by atoms with van der Waals surface area (Å²) in [5.41, 5.74) is 5.03. The fourth-order valence-corrected chi connectivity index (χ4v) is 2.64. The number of sulfonamides is 1. The molecule has 1 unspecified atom stereocenters. The number of nitrogens with one attached hydrogen (secondary N) is 1. The van der Waals surface area contributed by atoms with E-state index < -0.39 is 15.6 Å². The second-order valence-electron chi connectivity index (χ2n) is 5.12. The van der Waals surface area contributed by atoms with Gasteiger partial charge in [0.25, 0.3) is 0 Å². The fraction of sp³-hybridized carbons (Fsp3) is 1.00. The second kappa shape index (κ2) is 6.68. The predicted molar refractivity (Wildman–Crippen MR) is 70.3 cm³/mol. The van der Waals surface area contributed by atoms with Crippen molar-refractivity contribution in [2.24, 2.45) is 11.7 Å². The van der Waals surface area contributed by atoms with Crippen molar-refractivity contribution in [3.05, 3.63) is 0 Å². The zero-order valence-electron chi connectivity index (χ0n) is 11.5. The third-order valence-corrected chi connectivity index (χ3v) is 4.37. The molecule has 6 heteroatoms. The molecule has 0 aromatic rings. The molecule has 0 bridgehead atoms. The van der Waals surface area contributed by atoms with Crippen LogP contribution in [0.3, 0.4) is 0 Å². The van der Waals surface area contributed by atoms with E-state index in [9.17, 15) is 8.42 Å². The first kappa shape index (κ1) is 16.8. The number of ether oxygens (including phenoxy) is 1. The van der Waals surface area contributed by atoms with Gasteiger partial charge in [-0.3, -0.25) is 0 Å². The van der Waals surface area contributed by atoms with Crippen LogP contribution in [-0.2, 0) is 14.8 Å². The maximum absolute atomic E-state index is 11.8. The Hall–Kier alpha value is -0.170. The highest BCUT2D eigenvalue weighted by Gasteiger charge is 2.31. The molecule has 0 spiro atoms. The minimum absolute atomic E-state index is 0.0342. The Morgan fingerprint density at radius 3 is 2.18 bits per heavy atom. The highest BCUT2D eigenvalue weighted by Crippen LogP contribution is 2.16. The topological polar surface area (TPSA) is 81.4 Å². The molecule has 0 aromatic carbocycles. The Labute approximate surface area is 105 Å². The van der Waals surface area contributed by atoms with Gasteiger partial charge in [-0.15, -0.1) is 0 Å². The molecular weight excluding hydrogens is 240 g/mol. The molecule has 0 aliphatic rings. The van der Waals surface area contributed by atoms with E-state index in [-0.39, 0.29) is 30.9 Å². The first-order chi connectivity index (χ1) is 7.63. The zero-order chi connectivity index (χ0) is 13.7. The standard InChI is InChI=1S/C11H26N2O3S/c1-9(2)11(5,8-12)13-17(14,15)7-6-16-10(3)4/h9-10,13H,6-8,12H2,1-5H3. The van der Waals surface area contributed by atoms with E-state index in [1.54, 1.807) is 0 Å². The molecule has 0 radical (unpaired) electrons. The molecule has 0 fully saturated rings. The van der Waals surface area contributed by atoms with Gasteiger partial charge in [0.05, 0.1) is 18.5 Å². The number of nitrogens with two attached hydrogens (primary N) is 1. The van der Waals surface area contributed by atoms with Crippen LogP contribution in [0, 0.1) is 5.92 Å². The monoisotopic (exact) mass is 266 g/mol. The molecule has 104 valence electrons. The predicted octanol–water partition coefficient (Wildman–Crippen LogP) is 0.704. The summed E-state index contributed by atoms with van der Waals surface area (Å²) in [5, 5.41) is 0. The van der Waals surface area contributed by atoms with Gasteiger partial charge in [-0.1, -0.05) is 13.8 Å². The van der Waals surface area contributed by atoms with Crippen molar-refractivity contribution < 1.29 is 13.2 Å². The van der Waals surface area contributed by atoms with Crippen molar-refractivity contribution >= 4 is 10.0 Å². The Morgan fingerprint density at radius 1 is 1.29 bits per heavy atom. The maximum Gasteiger partial charge on any atom is 0.214 e. The molecule has 17 heavy (non-hydrogen) atoms. The second-order valence-corrected chi connectivity index (χ2v) is 6.96. The SMILES string of the molecule is CC(C)OCCS(=O)(=O)NC(C)(CN)C(C)C. The van der Waals surface area contributed by atoms with E-state index in [4.69, 9.17) is 10.5 Å². The van der Waals surface area contributed by atoms with E-state index in [0.29, 0.717) is 0 Å². The molecule has 5 nitrogen and oxygen atoms in total. The summed E-state index contributed by atoms with van der Waals surface area (Å²) in [5.74, 6) is 0.0984. The lowest BCUT2D eigenvalue weighted by Crippen LogP contribution is -2.55. The first-order valence-electron chi connectivity index (χ1n) is 5.96. The Morgan fingerprint density at radius 2 is 1.82 bits per heavy atom. The van der Waals surface area contributed by atoms with Crippen molar-refractivity contribution in [3.63, 3.8) is 0 Å². The summed E-state index contributed by atoms with van der Waals surface area (Å²) in [4.78, 5) is 0. The number of hydrogen-bond acceptors (Lipinski definition) is 4. The van der Waals surface area contributed by atoms with Gasteiger partial charge in [-0.25, -0.2) is 13.1 Å². The van der Waals surface area contributed by atoms with E-state index in [2.05, 4.69) is 4.72 Å². The van der Waals surface area contributed by atoms with Crippen LogP contribution in [0.15, 0.2) is 0 Å². The minimum Gasteiger partial charge on any atom is -0.378 e. The van der Waals surface area contributed by atoms with Gasteiger partial charge in [0.2, 0.25) is 10.0 Å². The van der Waals surface area contributed by atoms with Gasteiger partial charge in [-0.05, 0) is 26.7 Å². The summed E-state index contributed by atoms with van der Waals surface area (Å²) in [6, 6.07) is 0. The van der Waals surface area contributed by atoms with E-state index in [0.717, 1.165) is 0 Å². The van der Waals surface area contributed by atoms with Crippen molar-refractivity contribution in [1.82, 2.24) is 4.72 Å². The molecule has 0 rings (SSSR count). The quantitative estimate of drug-likeness (QED) is 0.678. The molecular formula is C11H26N2O3S. The lowest BCUT2D eigenvalue weighted by Gasteiger charge is -2.33. The number of rotatable bonds is 8. The van der Waals surface area contributed by atoms with E-state index in [1.165, 1.54) is 0 Å². The van der Waals surface area contributed by atoms with Crippen LogP contribution >= 0.6 is 0 Å². The minimum atomic E-state index is -3.35. The summed E-state index contributed by atoms with van der Waals surface area (Å²) in [7, 11) is -3.35. The van der Waals surface area contributed by atoms with Crippen LogP contribution in [0.2, 0.25) is 0 Å². The molecule has 0 aromatic heterocycles. The van der Waals surface area contributed by atoms with Gasteiger partial charge in [0, 0.05) is 12.1 Å². The summed E-state index contributed by atoms with van der Waals surface area (Å²) in [6.45, 7) is 9.93. The van der Waals surface area contributed by atoms with E-state index >= 15 is 0 Å². The fourth-order valence-electron chi connectivity index (χ4n) is 1.20. The van der Waals surface area contributed by atoms with Gasteiger partial charge in [-0.2, -0.15) is 0 Å². The summed E-state index contributed by atoms with van der Waals surface area (Å²) >= 11 is 0. The third kappa shape index (κ3) is 6.35. The molecule has 3 N–H and O–H groups in total. The van der Waals surface area contributed by atoms with Crippen LogP contribution in [0.25, 0.3) is 0 Å². The molecule has 0 heterocycles. The Kier molecular flexibility index (Phi) is 6.61. The lowest BCUT2D eigenvalue weighted by atomic mass is 9.90. The zero-order valence-corrected chi connectivity index (χ0v) is 12.3. The molecule has 0 saturated carbocycles.